The Hall–Kier alpha value is -1.84. The van der Waals surface area contributed by atoms with Crippen molar-refractivity contribution in [1.82, 2.24) is 9.97 Å². The van der Waals surface area contributed by atoms with Crippen molar-refractivity contribution in [1.29, 1.82) is 0 Å². The van der Waals surface area contributed by atoms with Gasteiger partial charge in [0.1, 0.15) is 10.8 Å². The van der Waals surface area contributed by atoms with Gasteiger partial charge >= 0.3 is 0 Å². The first kappa shape index (κ1) is 12.2. The first-order valence-electron chi connectivity index (χ1n) is 5.58. The summed E-state index contributed by atoms with van der Waals surface area (Å²) in [7, 11) is 0. The van der Waals surface area contributed by atoms with Gasteiger partial charge in [0.15, 0.2) is 0 Å². The van der Waals surface area contributed by atoms with Crippen LogP contribution < -0.4 is 4.74 Å². The monoisotopic (exact) mass is 290 g/mol. The number of halogens is 2. The lowest BCUT2D eigenvalue weighted by molar-refractivity contribution is 0.467. The summed E-state index contributed by atoms with van der Waals surface area (Å²) in [5.41, 5.74) is 0. The van der Waals surface area contributed by atoms with Gasteiger partial charge in [-0.2, -0.15) is 4.98 Å². The number of hydrogen-bond acceptors (Lipinski definition) is 3. The van der Waals surface area contributed by atoms with E-state index in [0.29, 0.717) is 10.8 Å². The maximum Gasteiger partial charge on any atom is 0.242 e. The fraction of sp³-hybridized carbons (Fsp3) is 0. The van der Waals surface area contributed by atoms with Gasteiger partial charge in [0.25, 0.3) is 0 Å². The summed E-state index contributed by atoms with van der Waals surface area (Å²) < 4.78 is 5.74. The van der Waals surface area contributed by atoms with E-state index in [4.69, 9.17) is 27.9 Å². The lowest BCUT2D eigenvalue weighted by Gasteiger charge is -2.09. The summed E-state index contributed by atoms with van der Waals surface area (Å²) in [4.78, 5) is 7.76. The van der Waals surface area contributed by atoms with Crippen LogP contribution in [-0.2, 0) is 0 Å². The molecule has 0 saturated heterocycles. The number of rotatable bonds is 2. The second-order valence-electron chi connectivity index (χ2n) is 3.87. The zero-order chi connectivity index (χ0) is 13.2. The number of benzene rings is 2. The van der Waals surface area contributed by atoms with E-state index in [-0.39, 0.29) is 11.2 Å². The van der Waals surface area contributed by atoms with Crippen LogP contribution in [0, 0.1) is 0 Å². The van der Waals surface area contributed by atoms with Crippen LogP contribution in [0.5, 0.6) is 11.6 Å². The van der Waals surface area contributed by atoms with Crippen molar-refractivity contribution in [2.45, 2.75) is 0 Å². The molecular weight excluding hydrogens is 283 g/mol. The lowest BCUT2D eigenvalue weighted by atomic mass is 10.1. The normalized spacial score (nSPS) is 10.6. The van der Waals surface area contributed by atoms with Crippen LogP contribution in [0.4, 0.5) is 0 Å². The van der Waals surface area contributed by atoms with Crippen molar-refractivity contribution < 1.29 is 4.74 Å². The topological polar surface area (TPSA) is 35.0 Å². The molecule has 5 heteroatoms. The fourth-order valence-corrected chi connectivity index (χ4v) is 2.05. The molecule has 0 aliphatic heterocycles. The summed E-state index contributed by atoms with van der Waals surface area (Å²) in [6, 6.07) is 13.7. The Morgan fingerprint density at radius 3 is 2.63 bits per heavy atom. The Morgan fingerprint density at radius 2 is 1.74 bits per heavy atom. The van der Waals surface area contributed by atoms with Crippen molar-refractivity contribution in [2.75, 3.05) is 0 Å². The van der Waals surface area contributed by atoms with Gasteiger partial charge in [-0.3, -0.25) is 0 Å². The van der Waals surface area contributed by atoms with Gasteiger partial charge in [0.2, 0.25) is 11.2 Å². The average molecular weight is 291 g/mol. The first-order chi connectivity index (χ1) is 9.24. The largest absolute Gasteiger partial charge is 0.437 e. The second-order valence-corrected chi connectivity index (χ2v) is 4.62. The molecule has 0 saturated carbocycles. The molecule has 3 aromatic rings. The summed E-state index contributed by atoms with van der Waals surface area (Å²) in [5, 5.41) is 2.48. The fourth-order valence-electron chi connectivity index (χ4n) is 1.79. The molecule has 19 heavy (non-hydrogen) atoms. The summed E-state index contributed by atoms with van der Waals surface area (Å²) >= 11 is 11.7. The second kappa shape index (κ2) is 5.03. The highest BCUT2D eigenvalue weighted by Crippen LogP contribution is 2.32. The zero-order valence-corrected chi connectivity index (χ0v) is 11.2. The van der Waals surface area contributed by atoms with Gasteiger partial charge in [-0.05, 0) is 23.1 Å². The van der Waals surface area contributed by atoms with Gasteiger partial charge in [0.05, 0.1) is 6.20 Å². The Kier molecular flexibility index (Phi) is 3.23. The van der Waals surface area contributed by atoms with E-state index in [9.17, 15) is 0 Å². The average Bonchev–Trinajstić information content (AvgIpc) is 2.43. The van der Waals surface area contributed by atoms with Gasteiger partial charge < -0.3 is 4.74 Å². The summed E-state index contributed by atoms with van der Waals surface area (Å²) in [6.45, 7) is 0. The Morgan fingerprint density at radius 1 is 0.947 bits per heavy atom. The van der Waals surface area contributed by atoms with Crippen molar-refractivity contribution in [2.24, 2.45) is 0 Å². The van der Waals surface area contributed by atoms with Gasteiger partial charge in [0, 0.05) is 5.39 Å². The van der Waals surface area contributed by atoms with Crippen molar-refractivity contribution in [3.05, 3.63) is 59.0 Å². The molecule has 1 aromatic heterocycles. The van der Waals surface area contributed by atoms with Crippen molar-refractivity contribution in [3.63, 3.8) is 0 Å². The molecule has 0 amide bonds. The highest BCUT2D eigenvalue weighted by Gasteiger charge is 2.09. The van der Waals surface area contributed by atoms with E-state index in [2.05, 4.69) is 9.97 Å². The van der Waals surface area contributed by atoms with Gasteiger partial charge in [-0.15, -0.1) is 0 Å². The van der Waals surface area contributed by atoms with E-state index < -0.39 is 0 Å². The molecule has 0 spiro atoms. The third-order valence-corrected chi connectivity index (χ3v) is 3.08. The molecule has 0 atom stereocenters. The molecule has 94 valence electrons. The minimum Gasteiger partial charge on any atom is -0.437 e. The minimum atomic E-state index is 0.0969. The quantitative estimate of drug-likeness (QED) is 0.640. The van der Waals surface area contributed by atoms with Gasteiger partial charge in [-0.25, -0.2) is 4.98 Å². The minimum absolute atomic E-state index is 0.0969. The summed E-state index contributed by atoms with van der Waals surface area (Å²) in [6.07, 6.45) is 1.41. The van der Waals surface area contributed by atoms with E-state index in [0.717, 1.165) is 10.8 Å². The van der Waals surface area contributed by atoms with E-state index in [1.165, 1.54) is 6.20 Å². The molecule has 0 unspecified atom stereocenters. The van der Waals surface area contributed by atoms with Crippen LogP contribution in [0.1, 0.15) is 0 Å². The lowest BCUT2D eigenvalue weighted by Crippen LogP contribution is -1.92. The predicted molar refractivity (Wildman–Crippen MR) is 76.1 cm³/mol. The molecule has 1 heterocycles. The van der Waals surface area contributed by atoms with E-state index >= 15 is 0 Å². The third kappa shape index (κ3) is 2.48. The van der Waals surface area contributed by atoms with Crippen LogP contribution in [-0.4, -0.2) is 9.97 Å². The van der Waals surface area contributed by atoms with Crippen molar-refractivity contribution in [3.8, 4) is 11.6 Å². The van der Waals surface area contributed by atoms with Crippen LogP contribution in [0.3, 0.4) is 0 Å². The molecular formula is C14H8Cl2N2O. The maximum atomic E-state index is 5.99. The molecule has 3 nitrogen and oxygen atoms in total. The molecule has 0 bridgehead atoms. The highest BCUT2D eigenvalue weighted by atomic mass is 35.5. The van der Waals surface area contributed by atoms with Crippen LogP contribution in [0.25, 0.3) is 10.8 Å². The first-order valence-corrected chi connectivity index (χ1v) is 6.33. The summed E-state index contributed by atoms with van der Waals surface area (Å²) in [5.74, 6) is 0.924. The number of aromatic nitrogens is 2. The van der Waals surface area contributed by atoms with Crippen molar-refractivity contribution >= 4 is 34.0 Å². The molecule has 0 radical (unpaired) electrons. The Labute approximate surface area is 119 Å². The van der Waals surface area contributed by atoms with Crippen LogP contribution >= 0.6 is 23.2 Å². The molecule has 0 aliphatic rings. The predicted octanol–water partition coefficient (Wildman–Crippen LogP) is 4.73. The molecule has 0 N–H and O–H groups in total. The maximum absolute atomic E-state index is 5.99. The smallest absolute Gasteiger partial charge is 0.242 e. The number of fused-ring (bicyclic) bond motifs is 1. The van der Waals surface area contributed by atoms with Gasteiger partial charge in [-0.1, -0.05) is 48.0 Å². The Bertz CT molecular complexity index is 741. The molecule has 0 aliphatic carbocycles. The van der Waals surface area contributed by atoms with E-state index in [1.54, 1.807) is 0 Å². The third-order valence-electron chi connectivity index (χ3n) is 2.64. The number of ether oxygens (including phenoxy) is 1. The number of nitrogens with zero attached hydrogens (tertiary/aromatic N) is 2. The molecule has 2 aromatic carbocycles. The van der Waals surface area contributed by atoms with Crippen LogP contribution in [0.2, 0.25) is 10.3 Å². The number of hydrogen-bond donors (Lipinski definition) is 0. The van der Waals surface area contributed by atoms with E-state index in [1.807, 2.05) is 42.5 Å². The Balaban J connectivity index is 2.08. The highest BCUT2D eigenvalue weighted by molar-refractivity contribution is 6.32. The van der Waals surface area contributed by atoms with Crippen LogP contribution in [0.15, 0.2) is 48.7 Å². The standard InChI is InChI=1S/C14H8Cl2N2O/c15-11-8-17-14(16)18-13(11)19-12-7-3-5-9-4-1-2-6-10(9)12/h1-8H. The molecule has 3 rings (SSSR count). The zero-order valence-electron chi connectivity index (χ0n) is 9.68. The SMILES string of the molecule is Clc1ncc(Cl)c(Oc2cccc3ccccc23)n1. The molecule has 0 fully saturated rings.